The predicted octanol–water partition coefficient (Wildman–Crippen LogP) is 3.42. The van der Waals surface area contributed by atoms with Crippen LogP contribution < -0.4 is 9.47 Å². The number of nitrogens with zero attached hydrogens (tertiary/aromatic N) is 1. The van der Waals surface area contributed by atoms with Gasteiger partial charge in [-0.05, 0) is 16.8 Å². The predicted molar refractivity (Wildman–Crippen MR) is 85.6 cm³/mol. The smallest absolute Gasteiger partial charge is 0.338 e. The molecule has 0 aliphatic carbocycles. The molecule has 0 amide bonds. The highest BCUT2D eigenvalue weighted by Gasteiger charge is 2.29. The summed E-state index contributed by atoms with van der Waals surface area (Å²) < 4.78 is 15.7. The summed E-state index contributed by atoms with van der Waals surface area (Å²) in [5.74, 6) is 0.0998. The van der Waals surface area contributed by atoms with Gasteiger partial charge in [-0.2, -0.15) is 0 Å². The molecule has 4 rings (SSSR count). The normalized spacial score (nSPS) is 12.5. The van der Waals surface area contributed by atoms with Gasteiger partial charge in [0.1, 0.15) is 0 Å². The summed E-state index contributed by atoms with van der Waals surface area (Å²) in [5.41, 5.74) is -0.100. The number of benzene rings is 3. The van der Waals surface area contributed by atoms with E-state index in [0.717, 1.165) is 5.39 Å². The van der Waals surface area contributed by atoms with Crippen molar-refractivity contribution < 1.29 is 23.9 Å². The Kier molecular flexibility index (Phi) is 3.02. The maximum Gasteiger partial charge on any atom is 0.338 e. The van der Waals surface area contributed by atoms with Crippen LogP contribution in [-0.4, -0.2) is 24.8 Å². The van der Waals surface area contributed by atoms with Gasteiger partial charge in [-0.15, -0.1) is 0 Å². The molecule has 0 atom stereocenters. The molecule has 0 bridgehead atoms. The first kappa shape index (κ1) is 14.3. The first-order valence-electron chi connectivity index (χ1n) is 7.12. The van der Waals surface area contributed by atoms with E-state index >= 15 is 0 Å². The van der Waals surface area contributed by atoms with Crippen LogP contribution in [-0.2, 0) is 4.74 Å². The number of esters is 1. The summed E-state index contributed by atoms with van der Waals surface area (Å²) in [6, 6.07) is 10.1. The number of hydrogen-bond donors (Lipinski definition) is 0. The Morgan fingerprint density at radius 1 is 1.21 bits per heavy atom. The van der Waals surface area contributed by atoms with Crippen molar-refractivity contribution >= 4 is 33.2 Å². The zero-order chi connectivity index (χ0) is 16.8. The average Bonchev–Trinajstić information content (AvgIpc) is 3.07. The minimum absolute atomic E-state index is 0.00786. The summed E-state index contributed by atoms with van der Waals surface area (Å²) >= 11 is 0. The third-order valence-electron chi connectivity index (χ3n) is 4.04. The monoisotopic (exact) mass is 325 g/mol. The van der Waals surface area contributed by atoms with Gasteiger partial charge in [-0.25, -0.2) is 4.79 Å². The van der Waals surface area contributed by atoms with E-state index in [-0.39, 0.29) is 23.4 Å². The second-order valence-corrected chi connectivity index (χ2v) is 5.27. The van der Waals surface area contributed by atoms with Gasteiger partial charge in [0.15, 0.2) is 11.5 Å². The number of carbonyl (C=O) groups is 1. The topological polar surface area (TPSA) is 87.9 Å². The largest absolute Gasteiger partial charge is 0.465 e. The lowest BCUT2D eigenvalue weighted by Crippen LogP contribution is -2.04. The van der Waals surface area contributed by atoms with Gasteiger partial charge in [0, 0.05) is 11.5 Å². The lowest BCUT2D eigenvalue weighted by atomic mass is 9.95. The lowest BCUT2D eigenvalue weighted by molar-refractivity contribution is -0.383. The molecule has 0 radical (unpaired) electrons. The van der Waals surface area contributed by atoms with Crippen LogP contribution in [0, 0.1) is 10.1 Å². The van der Waals surface area contributed by atoms with Gasteiger partial charge in [0.2, 0.25) is 6.79 Å². The van der Waals surface area contributed by atoms with Gasteiger partial charge in [-0.3, -0.25) is 10.1 Å². The maximum atomic E-state index is 12.2. The molecule has 1 aliphatic heterocycles. The van der Waals surface area contributed by atoms with E-state index in [0.29, 0.717) is 22.3 Å². The molecule has 7 nitrogen and oxygen atoms in total. The number of carbonyl (C=O) groups excluding carboxylic acids is 1. The van der Waals surface area contributed by atoms with Crippen LogP contribution in [0.3, 0.4) is 0 Å². The molecule has 3 aromatic rings. The number of ether oxygens (including phenoxy) is 3. The first-order chi connectivity index (χ1) is 11.6. The van der Waals surface area contributed by atoms with E-state index in [9.17, 15) is 14.9 Å². The SMILES string of the molecule is COC(=O)c1cc2c(c3c1c([N+](=O)[O-])cc1ccccc13)OCO2. The van der Waals surface area contributed by atoms with Crippen LogP contribution in [0.2, 0.25) is 0 Å². The van der Waals surface area contributed by atoms with Gasteiger partial charge >= 0.3 is 5.97 Å². The Morgan fingerprint density at radius 2 is 2.00 bits per heavy atom. The van der Waals surface area contributed by atoms with Crippen molar-refractivity contribution in [2.24, 2.45) is 0 Å². The van der Waals surface area contributed by atoms with E-state index in [4.69, 9.17) is 14.2 Å². The Balaban J connectivity index is 2.30. The number of methoxy groups -OCH3 is 1. The highest BCUT2D eigenvalue weighted by atomic mass is 16.7. The van der Waals surface area contributed by atoms with E-state index in [1.54, 1.807) is 12.1 Å². The van der Waals surface area contributed by atoms with E-state index < -0.39 is 10.9 Å². The number of non-ortho nitro benzene ring substituents is 1. The van der Waals surface area contributed by atoms with Crippen LogP contribution >= 0.6 is 0 Å². The number of nitro benzene ring substituents is 1. The van der Waals surface area contributed by atoms with Crippen molar-refractivity contribution in [2.75, 3.05) is 13.9 Å². The molecule has 0 N–H and O–H groups in total. The standard InChI is InChI=1S/C17H11NO6/c1-22-17(19)11-7-13-16(24-8-23-13)15-10-5-3-2-4-9(10)6-12(14(11)15)18(20)21/h2-7H,8H2,1H3. The van der Waals surface area contributed by atoms with Crippen LogP contribution in [0.25, 0.3) is 21.5 Å². The molecule has 0 saturated heterocycles. The zero-order valence-corrected chi connectivity index (χ0v) is 12.6. The van der Waals surface area contributed by atoms with Gasteiger partial charge in [0.25, 0.3) is 5.69 Å². The summed E-state index contributed by atoms with van der Waals surface area (Å²) in [7, 11) is 1.23. The second kappa shape index (κ2) is 5.09. The molecule has 3 aromatic carbocycles. The van der Waals surface area contributed by atoms with Crippen molar-refractivity contribution in [3.8, 4) is 11.5 Å². The van der Waals surface area contributed by atoms with Crippen molar-refractivity contribution in [1.82, 2.24) is 0 Å². The fourth-order valence-corrected chi connectivity index (χ4v) is 3.05. The fraction of sp³-hybridized carbons (Fsp3) is 0.118. The summed E-state index contributed by atoms with van der Waals surface area (Å²) in [4.78, 5) is 23.3. The molecule has 0 fully saturated rings. The maximum absolute atomic E-state index is 12.2. The molecule has 0 aromatic heterocycles. The molecule has 0 unspecified atom stereocenters. The number of nitro groups is 1. The lowest BCUT2D eigenvalue weighted by Gasteiger charge is -2.11. The minimum atomic E-state index is -0.670. The van der Waals surface area contributed by atoms with Gasteiger partial charge < -0.3 is 14.2 Å². The van der Waals surface area contributed by atoms with Crippen LogP contribution in [0.1, 0.15) is 10.4 Å². The number of rotatable bonds is 2. The minimum Gasteiger partial charge on any atom is -0.465 e. The van der Waals surface area contributed by atoms with Gasteiger partial charge in [0.05, 0.1) is 23.0 Å². The zero-order valence-electron chi connectivity index (χ0n) is 12.6. The number of hydrogen-bond acceptors (Lipinski definition) is 6. The van der Waals surface area contributed by atoms with Crippen LogP contribution in [0.15, 0.2) is 36.4 Å². The average molecular weight is 325 g/mol. The highest BCUT2D eigenvalue weighted by Crippen LogP contribution is 2.47. The molecule has 0 saturated carbocycles. The molecule has 7 heteroatoms. The molecule has 0 spiro atoms. The molecule has 1 aliphatic rings. The number of fused-ring (bicyclic) bond motifs is 5. The van der Waals surface area contributed by atoms with E-state index in [1.807, 2.05) is 12.1 Å². The Morgan fingerprint density at radius 3 is 2.75 bits per heavy atom. The molecule has 24 heavy (non-hydrogen) atoms. The van der Waals surface area contributed by atoms with E-state index in [1.165, 1.54) is 19.2 Å². The highest BCUT2D eigenvalue weighted by molar-refractivity contribution is 6.21. The molecule has 120 valence electrons. The van der Waals surface area contributed by atoms with Crippen molar-refractivity contribution in [2.45, 2.75) is 0 Å². The van der Waals surface area contributed by atoms with Crippen LogP contribution in [0.4, 0.5) is 5.69 Å². The van der Waals surface area contributed by atoms with E-state index in [2.05, 4.69) is 0 Å². The Labute approximate surface area is 135 Å². The molecule has 1 heterocycles. The van der Waals surface area contributed by atoms with Crippen molar-refractivity contribution in [3.05, 3.63) is 52.1 Å². The fourth-order valence-electron chi connectivity index (χ4n) is 3.05. The molecular formula is C17H11NO6. The third kappa shape index (κ3) is 1.88. The van der Waals surface area contributed by atoms with Crippen molar-refractivity contribution in [1.29, 1.82) is 0 Å². The summed E-state index contributed by atoms with van der Waals surface area (Å²) in [6.07, 6.45) is 0. The Bertz CT molecular complexity index is 1030. The summed E-state index contributed by atoms with van der Waals surface area (Å²) in [6.45, 7) is -0.00786. The first-order valence-corrected chi connectivity index (χ1v) is 7.12. The second-order valence-electron chi connectivity index (χ2n) is 5.27. The Hall–Kier alpha value is -3.35. The molecular weight excluding hydrogens is 314 g/mol. The summed E-state index contributed by atoms with van der Waals surface area (Å²) in [5, 5.41) is 13.7. The van der Waals surface area contributed by atoms with Crippen molar-refractivity contribution in [3.63, 3.8) is 0 Å². The third-order valence-corrected chi connectivity index (χ3v) is 4.04. The quantitative estimate of drug-likeness (QED) is 0.310. The van der Waals surface area contributed by atoms with Gasteiger partial charge in [-0.1, -0.05) is 24.3 Å². The van der Waals surface area contributed by atoms with Crippen LogP contribution in [0.5, 0.6) is 11.5 Å².